The summed E-state index contributed by atoms with van der Waals surface area (Å²) in [6.07, 6.45) is 3.60. The van der Waals surface area contributed by atoms with Gasteiger partial charge in [-0.2, -0.15) is 0 Å². The maximum atomic E-state index is 11.3. The molecule has 0 radical (unpaired) electrons. The molecular formula is C12H22O3. The number of aliphatic carboxylic acids is 1. The van der Waals surface area contributed by atoms with Crippen molar-refractivity contribution in [1.29, 1.82) is 0 Å². The van der Waals surface area contributed by atoms with E-state index in [9.17, 15) is 9.90 Å². The van der Waals surface area contributed by atoms with Crippen LogP contribution in [0.3, 0.4) is 0 Å². The maximum Gasteiger partial charge on any atom is 0.335 e. The van der Waals surface area contributed by atoms with Gasteiger partial charge in [0, 0.05) is 0 Å². The third-order valence-electron chi connectivity index (χ3n) is 2.81. The summed E-state index contributed by atoms with van der Waals surface area (Å²) < 4.78 is 5.44. The molecule has 0 rings (SSSR count). The van der Waals surface area contributed by atoms with Crippen molar-refractivity contribution in [3.05, 3.63) is 12.7 Å². The van der Waals surface area contributed by atoms with Crippen LogP contribution >= 0.6 is 0 Å². The summed E-state index contributed by atoms with van der Waals surface area (Å²) in [6.45, 7) is 9.78. The van der Waals surface area contributed by atoms with E-state index in [1.807, 2.05) is 13.8 Å². The van der Waals surface area contributed by atoms with Gasteiger partial charge in [-0.25, -0.2) is 4.79 Å². The van der Waals surface area contributed by atoms with Gasteiger partial charge >= 0.3 is 5.97 Å². The standard InChI is InChI=1S/C12H22O3/c1-5-8-15-12(7-3,11(13)14)9-10(4)6-2/h5,10H,1,6-9H2,2-4H3,(H,13,14). The molecular weight excluding hydrogens is 192 g/mol. The fraction of sp³-hybridized carbons (Fsp3) is 0.750. The second-order valence-electron chi connectivity index (χ2n) is 3.97. The van der Waals surface area contributed by atoms with Crippen LogP contribution in [0.25, 0.3) is 0 Å². The number of carboxylic acid groups (broad SMARTS) is 1. The molecule has 0 saturated carbocycles. The SMILES string of the molecule is C=CCOC(CC)(CC(C)CC)C(=O)O. The van der Waals surface area contributed by atoms with Gasteiger partial charge in [0.25, 0.3) is 0 Å². The predicted molar refractivity (Wildman–Crippen MR) is 60.9 cm³/mol. The molecule has 0 amide bonds. The summed E-state index contributed by atoms with van der Waals surface area (Å²) in [5.74, 6) is -0.516. The lowest BCUT2D eigenvalue weighted by Crippen LogP contribution is -2.42. The predicted octanol–water partition coefficient (Wildman–Crippen LogP) is 2.86. The first-order valence-corrected chi connectivity index (χ1v) is 5.50. The molecule has 0 heterocycles. The second-order valence-corrected chi connectivity index (χ2v) is 3.97. The number of hydrogen-bond acceptors (Lipinski definition) is 2. The molecule has 0 aliphatic carbocycles. The minimum atomic E-state index is -1.04. The molecule has 2 atom stereocenters. The lowest BCUT2D eigenvalue weighted by molar-refractivity contribution is -0.167. The summed E-state index contributed by atoms with van der Waals surface area (Å²) in [4.78, 5) is 11.3. The Morgan fingerprint density at radius 2 is 2.20 bits per heavy atom. The van der Waals surface area contributed by atoms with E-state index >= 15 is 0 Å². The molecule has 0 bridgehead atoms. The van der Waals surface area contributed by atoms with Crippen molar-refractivity contribution in [2.45, 2.75) is 45.6 Å². The Labute approximate surface area is 92.1 Å². The van der Waals surface area contributed by atoms with Crippen LogP contribution in [-0.2, 0) is 9.53 Å². The maximum absolute atomic E-state index is 11.3. The topological polar surface area (TPSA) is 46.5 Å². The highest BCUT2D eigenvalue weighted by Gasteiger charge is 2.38. The molecule has 0 spiro atoms. The molecule has 15 heavy (non-hydrogen) atoms. The Morgan fingerprint density at radius 3 is 2.53 bits per heavy atom. The van der Waals surface area contributed by atoms with Gasteiger partial charge in [-0.15, -0.1) is 6.58 Å². The van der Waals surface area contributed by atoms with Crippen molar-refractivity contribution >= 4 is 5.97 Å². The van der Waals surface area contributed by atoms with Gasteiger partial charge in [0.1, 0.15) is 0 Å². The molecule has 3 nitrogen and oxygen atoms in total. The third kappa shape index (κ3) is 4.04. The van der Waals surface area contributed by atoms with Gasteiger partial charge in [-0.3, -0.25) is 0 Å². The zero-order chi connectivity index (χ0) is 11.9. The molecule has 0 fully saturated rings. The molecule has 1 N–H and O–H groups in total. The highest BCUT2D eigenvalue weighted by Crippen LogP contribution is 2.27. The van der Waals surface area contributed by atoms with Crippen LogP contribution in [0, 0.1) is 5.92 Å². The molecule has 88 valence electrons. The van der Waals surface area contributed by atoms with Gasteiger partial charge in [0.15, 0.2) is 5.60 Å². The molecule has 3 heteroatoms. The van der Waals surface area contributed by atoms with Crippen molar-refractivity contribution in [1.82, 2.24) is 0 Å². The molecule has 0 aliphatic heterocycles. The number of rotatable bonds is 8. The van der Waals surface area contributed by atoms with Gasteiger partial charge in [-0.05, 0) is 18.8 Å². The number of carbonyl (C=O) groups is 1. The largest absolute Gasteiger partial charge is 0.479 e. The van der Waals surface area contributed by atoms with E-state index < -0.39 is 11.6 Å². The van der Waals surface area contributed by atoms with Crippen LogP contribution in [0.5, 0.6) is 0 Å². The van der Waals surface area contributed by atoms with Gasteiger partial charge in [0.2, 0.25) is 0 Å². The monoisotopic (exact) mass is 214 g/mol. The fourth-order valence-corrected chi connectivity index (χ4v) is 1.53. The zero-order valence-electron chi connectivity index (χ0n) is 9.95. The average molecular weight is 214 g/mol. The summed E-state index contributed by atoms with van der Waals surface area (Å²) in [5, 5.41) is 9.24. The Hall–Kier alpha value is -0.830. The Kier molecular flexibility index (Phi) is 6.25. The van der Waals surface area contributed by atoms with Crippen molar-refractivity contribution in [3.63, 3.8) is 0 Å². The van der Waals surface area contributed by atoms with Crippen molar-refractivity contribution in [2.24, 2.45) is 5.92 Å². The number of ether oxygens (including phenoxy) is 1. The van der Waals surface area contributed by atoms with Gasteiger partial charge < -0.3 is 9.84 Å². The minimum absolute atomic E-state index is 0.288. The summed E-state index contributed by atoms with van der Waals surface area (Å²) >= 11 is 0. The van der Waals surface area contributed by atoms with E-state index in [0.717, 1.165) is 6.42 Å². The van der Waals surface area contributed by atoms with E-state index in [0.29, 0.717) is 18.8 Å². The van der Waals surface area contributed by atoms with E-state index in [2.05, 4.69) is 13.5 Å². The summed E-state index contributed by atoms with van der Waals surface area (Å²) in [7, 11) is 0. The van der Waals surface area contributed by atoms with E-state index in [1.54, 1.807) is 6.08 Å². The Bertz CT molecular complexity index is 213. The van der Waals surface area contributed by atoms with E-state index in [1.165, 1.54) is 0 Å². The molecule has 0 aromatic rings. The molecule has 0 aromatic carbocycles. The zero-order valence-corrected chi connectivity index (χ0v) is 9.95. The van der Waals surface area contributed by atoms with E-state index in [-0.39, 0.29) is 6.61 Å². The lowest BCUT2D eigenvalue weighted by atomic mass is 9.87. The third-order valence-corrected chi connectivity index (χ3v) is 2.81. The first kappa shape index (κ1) is 14.2. The first-order valence-electron chi connectivity index (χ1n) is 5.50. The average Bonchev–Trinajstić information content (AvgIpc) is 2.23. The van der Waals surface area contributed by atoms with Gasteiger partial charge in [-0.1, -0.05) is 33.3 Å². The molecule has 0 saturated heterocycles. The summed E-state index contributed by atoms with van der Waals surface area (Å²) in [5.41, 5.74) is -1.04. The van der Waals surface area contributed by atoms with E-state index in [4.69, 9.17) is 4.74 Å². The number of carboxylic acids is 1. The van der Waals surface area contributed by atoms with Crippen LogP contribution in [0.2, 0.25) is 0 Å². The minimum Gasteiger partial charge on any atom is -0.479 e. The van der Waals surface area contributed by atoms with Gasteiger partial charge in [0.05, 0.1) is 6.61 Å². The quantitative estimate of drug-likeness (QED) is 0.632. The highest BCUT2D eigenvalue weighted by molar-refractivity contribution is 5.77. The van der Waals surface area contributed by atoms with Crippen molar-refractivity contribution < 1.29 is 14.6 Å². The van der Waals surface area contributed by atoms with Crippen molar-refractivity contribution in [2.75, 3.05) is 6.61 Å². The number of hydrogen-bond donors (Lipinski definition) is 1. The van der Waals surface area contributed by atoms with Crippen LogP contribution in [0.15, 0.2) is 12.7 Å². The van der Waals surface area contributed by atoms with Crippen LogP contribution in [0.4, 0.5) is 0 Å². The second kappa shape index (κ2) is 6.62. The highest BCUT2D eigenvalue weighted by atomic mass is 16.5. The normalized spacial score (nSPS) is 16.7. The smallest absolute Gasteiger partial charge is 0.335 e. The Balaban J connectivity index is 4.64. The van der Waals surface area contributed by atoms with Crippen LogP contribution < -0.4 is 0 Å². The molecule has 0 aromatic heterocycles. The van der Waals surface area contributed by atoms with Crippen LogP contribution in [0.1, 0.15) is 40.0 Å². The fourth-order valence-electron chi connectivity index (χ4n) is 1.53. The van der Waals surface area contributed by atoms with Crippen LogP contribution in [-0.4, -0.2) is 23.3 Å². The first-order chi connectivity index (χ1) is 7.02. The summed E-state index contributed by atoms with van der Waals surface area (Å²) in [6, 6.07) is 0. The molecule has 2 unspecified atom stereocenters. The lowest BCUT2D eigenvalue weighted by Gasteiger charge is -2.30. The Morgan fingerprint density at radius 1 is 1.60 bits per heavy atom. The molecule has 0 aliphatic rings. The van der Waals surface area contributed by atoms with Crippen molar-refractivity contribution in [3.8, 4) is 0 Å².